The van der Waals surface area contributed by atoms with Crippen LogP contribution in [0.4, 0.5) is 0 Å². The van der Waals surface area contributed by atoms with Crippen molar-refractivity contribution in [3.05, 3.63) is 0 Å². The highest BCUT2D eigenvalue weighted by atomic mass is 13.8. The van der Waals surface area contributed by atoms with E-state index in [0.717, 1.165) is 6.42 Å². The standard InChI is InChI=1S/C4H8B2/c1-4(6)2-3-5/h4H,2-3H2,1H3/t4-/m0/s1. The van der Waals surface area contributed by atoms with Gasteiger partial charge in [0.25, 0.3) is 0 Å². The van der Waals surface area contributed by atoms with Gasteiger partial charge in [-0.3, -0.25) is 0 Å². The molecule has 0 nitrogen and oxygen atoms in total. The van der Waals surface area contributed by atoms with Gasteiger partial charge in [0.15, 0.2) is 0 Å². The Morgan fingerprint density at radius 3 is 2.17 bits per heavy atom. The van der Waals surface area contributed by atoms with Crippen molar-refractivity contribution in [3.8, 4) is 0 Å². The largest absolute Gasteiger partial charge is 0.0891 e. The first-order valence-corrected chi connectivity index (χ1v) is 2.23. The van der Waals surface area contributed by atoms with Gasteiger partial charge in [0.2, 0.25) is 0 Å². The minimum atomic E-state index is 0.273. The highest BCUT2D eigenvalue weighted by Crippen LogP contribution is 2.03. The van der Waals surface area contributed by atoms with E-state index in [1.54, 1.807) is 0 Å². The first kappa shape index (κ1) is 6.13. The number of rotatable bonds is 2. The first-order valence-electron chi connectivity index (χ1n) is 2.23. The van der Waals surface area contributed by atoms with Gasteiger partial charge in [0.1, 0.15) is 0 Å². The average Bonchev–Trinajstić information content (AvgIpc) is 1.35. The van der Waals surface area contributed by atoms with Gasteiger partial charge in [0, 0.05) is 0 Å². The molecule has 0 aliphatic carbocycles. The maximum absolute atomic E-state index is 5.32. The Balaban J connectivity index is 2.63. The van der Waals surface area contributed by atoms with Crippen LogP contribution < -0.4 is 0 Å². The van der Waals surface area contributed by atoms with Crippen molar-refractivity contribution < 1.29 is 0 Å². The lowest BCUT2D eigenvalue weighted by Crippen LogP contribution is -1.82. The molecule has 2 heteroatoms. The van der Waals surface area contributed by atoms with Crippen LogP contribution in [0.1, 0.15) is 13.3 Å². The maximum Gasteiger partial charge on any atom is 0.0695 e. The summed E-state index contributed by atoms with van der Waals surface area (Å²) in [6.07, 6.45) is 1.64. The van der Waals surface area contributed by atoms with Crippen molar-refractivity contribution >= 4 is 15.7 Å². The van der Waals surface area contributed by atoms with Crippen LogP contribution in [0.25, 0.3) is 0 Å². The topological polar surface area (TPSA) is 0 Å². The SMILES string of the molecule is [B]CC[C@@H]([B])C. The third kappa shape index (κ3) is 4.13. The van der Waals surface area contributed by atoms with Gasteiger partial charge < -0.3 is 0 Å². The minimum absolute atomic E-state index is 0.273. The van der Waals surface area contributed by atoms with Gasteiger partial charge in [0.05, 0.1) is 15.7 Å². The zero-order valence-electron chi connectivity index (χ0n) is 4.15. The second-order valence-electron chi connectivity index (χ2n) is 1.55. The molecule has 0 saturated heterocycles. The van der Waals surface area contributed by atoms with Gasteiger partial charge in [-0.15, -0.1) is 0 Å². The Hall–Kier alpha value is 0.130. The normalized spacial score (nSPS) is 14.2. The van der Waals surface area contributed by atoms with Crippen molar-refractivity contribution in [1.29, 1.82) is 0 Å². The van der Waals surface area contributed by atoms with E-state index in [1.165, 1.54) is 0 Å². The van der Waals surface area contributed by atoms with Crippen LogP contribution >= 0.6 is 0 Å². The highest BCUT2D eigenvalue weighted by molar-refractivity contribution is 6.13. The summed E-state index contributed by atoms with van der Waals surface area (Å²) in [6.45, 7) is 1.95. The van der Waals surface area contributed by atoms with Gasteiger partial charge in [-0.05, 0) is 0 Å². The molecule has 0 heterocycles. The lowest BCUT2D eigenvalue weighted by atomic mass is 9.82. The van der Waals surface area contributed by atoms with Crippen molar-refractivity contribution in [2.24, 2.45) is 0 Å². The molecule has 0 rings (SSSR count). The van der Waals surface area contributed by atoms with E-state index < -0.39 is 0 Å². The van der Waals surface area contributed by atoms with Crippen LogP contribution in [-0.2, 0) is 0 Å². The minimum Gasteiger partial charge on any atom is -0.0891 e. The van der Waals surface area contributed by atoms with Crippen LogP contribution in [0.3, 0.4) is 0 Å². The molecule has 0 saturated carbocycles. The summed E-state index contributed by atoms with van der Waals surface area (Å²) in [7, 11) is 10.5. The second-order valence-corrected chi connectivity index (χ2v) is 1.55. The molecule has 4 radical (unpaired) electrons. The third-order valence-electron chi connectivity index (χ3n) is 0.622. The molecular weight excluding hydrogens is 69.7 g/mol. The van der Waals surface area contributed by atoms with Gasteiger partial charge in [-0.1, -0.05) is 25.5 Å². The lowest BCUT2D eigenvalue weighted by Gasteiger charge is -1.96. The van der Waals surface area contributed by atoms with Crippen LogP contribution in [0.2, 0.25) is 12.1 Å². The van der Waals surface area contributed by atoms with Crippen LogP contribution in [0.15, 0.2) is 0 Å². The van der Waals surface area contributed by atoms with E-state index in [9.17, 15) is 0 Å². The highest BCUT2D eigenvalue weighted by Gasteiger charge is 1.85. The fourth-order valence-corrected chi connectivity index (χ4v) is 0.263. The second kappa shape index (κ2) is 3.32. The molecule has 0 aromatic rings. The Kier molecular flexibility index (Phi) is 3.40. The smallest absolute Gasteiger partial charge is 0.0695 e. The molecule has 0 spiro atoms. The van der Waals surface area contributed by atoms with E-state index in [0.29, 0.717) is 6.32 Å². The molecule has 0 fully saturated rings. The predicted molar refractivity (Wildman–Crippen MR) is 30.4 cm³/mol. The molecule has 0 aromatic carbocycles. The number of hydrogen-bond acceptors (Lipinski definition) is 0. The monoisotopic (exact) mass is 78.1 g/mol. The zero-order valence-corrected chi connectivity index (χ0v) is 4.15. The summed E-state index contributed by atoms with van der Waals surface area (Å²) in [5.74, 6) is 0.273. The van der Waals surface area contributed by atoms with E-state index >= 15 is 0 Å². The zero-order chi connectivity index (χ0) is 4.99. The Labute approximate surface area is 42.1 Å². The van der Waals surface area contributed by atoms with E-state index in [1.807, 2.05) is 6.92 Å². The fraction of sp³-hybridized carbons (Fsp3) is 1.00. The molecule has 0 N–H and O–H groups in total. The van der Waals surface area contributed by atoms with Crippen LogP contribution in [0, 0.1) is 0 Å². The average molecular weight is 77.7 g/mol. The molecule has 6 heavy (non-hydrogen) atoms. The van der Waals surface area contributed by atoms with E-state index in [2.05, 4.69) is 0 Å². The van der Waals surface area contributed by atoms with Crippen molar-refractivity contribution in [1.82, 2.24) is 0 Å². The summed E-state index contributed by atoms with van der Waals surface area (Å²) < 4.78 is 0. The van der Waals surface area contributed by atoms with Crippen molar-refractivity contribution in [2.45, 2.75) is 25.5 Å². The van der Waals surface area contributed by atoms with Gasteiger partial charge >= 0.3 is 0 Å². The summed E-state index contributed by atoms with van der Waals surface area (Å²) in [6, 6.07) is 0. The molecular formula is C4H8B2. The summed E-state index contributed by atoms with van der Waals surface area (Å²) in [4.78, 5) is 0. The predicted octanol–water partition coefficient (Wildman–Crippen LogP) is 0.940. The molecule has 0 aliphatic rings. The van der Waals surface area contributed by atoms with Crippen molar-refractivity contribution in [3.63, 3.8) is 0 Å². The van der Waals surface area contributed by atoms with Crippen LogP contribution in [0.5, 0.6) is 0 Å². The van der Waals surface area contributed by atoms with Gasteiger partial charge in [-0.25, -0.2) is 0 Å². The van der Waals surface area contributed by atoms with E-state index in [-0.39, 0.29) is 5.82 Å². The van der Waals surface area contributed by atoms with Crippen LogP contribution in [-0.4, -0.2) is 15.7 Å². The molecule has 30 valence electrons. The molecule has 0 amide bonds. The van der Waals surface area contributed by atoms with Crippen molar-refractivity contribution in [2.75, 3.05) is 0 Å². The Morgan fingerprint density at radius 2 is 2.17 bits per heavy atom. The maximum atomic E-state index is 5.32. The quantitative estimate of drug-likeness (QED) is 0.431. The fourth-order valence-electron chi connectivity index (χ4n) is 0.263. The summed E-state index contributed by atoms with van der Waals surface area (Å²) >= 11 is 0. The Bertz CT molecular complexity index is 26.7. The first-order chi connectivity index (χ1) is 2.77. The summed E-state index contributed by atoms with van der Waals surface area (Å²) in [5, 5.41) is 0. The lowest BCUT2D eigenvalue weighted by molar-refractivity contribution is 0.878. The third-order valence-corrected chi connectivity index (χ3v) is 0.622. The van der Waals surface area contributed by atoms with E-state index in [4.69, 9.17) is 15.7 Å². The number of hydrogen-bond donors (Lipinski definition) is 0. The molecule has 1 atom stereocenters. The Morgan fingerprint density at radius 1 is 1.67 bits per heavy atom. The molecule has 0 unspecified atom stereocenters. The van der Waals surface area contributed by atoms with Gasteiger partial charge in [-0.2, -0.15) is 0 Å². The molecule has 0 bridgehead atoms. The molecule has 0 aliphatic heterocycles. The summed E-state index contributed by atoms with van der Waals surface area (Å²) in [5.41, 5.74) is 0. The molecule has 0 aromatic heterocycles.